The molecule has 0 bridgehead atoms. The lowest BCUT2D eigenvalue weighted by Crippen LogP contribution is -2.27. The summed E-state index contributed by atoms with van der Waals surface area (Å²) in [5, 5.41) is 9.43. The molecule has 6 nitrogen and oxygen atoms in total. The minimum Gasteiger partial charge on any atom is -0.469 e. The van der Waals surface area contributed by atoms with Crippen molar-refractivity contribution in [3.8, 4) is 17.1 Å². The Morgan fingerprint density at radius 2 is 1.73 bits per heavy atom. The van der Waals surface area contributed by atoms with Crippen LogP contribution in [0.2, 0.25) is 0 Å². The molecule has 0 aliphatic heterocycles. The molecule has 2 aromatic carbocycles. The number of para-hydroxylation sites is 1. The van der Waals surface area contributed by atoms with Gasteiger partial charge in [-0.15, -0.1) is 10.2 Å². The molecule has 0 radical (unpaired) electrons. The van der Waals surface area contributed by atoms with E-state index >= 15 is 0 Å². The van der Waals surface area contributed by atoms with E-state index in [1.54, 1.807) is 11.2 Å². The number of hydrogen-bond donors (Lipinski definition) is 0. The fourth-order valence-corrected chi connectivity index (χ4v) is 4.04. The fourth-order valence-electron chi connectivity index (χ4n) is 3.15. The van der Waals surface area contributed by atoms with Gasteiger partial charge in [0.2, 0.25) is 5.91 Å². The van der Waals surface area contributed by atoms with Crippen molar-refractivity contribution in [3.05, 3.63) is 84.3 Å². The van der Waals surface area contributed by atoms with Crippen LogP contribution in [0, 0.1) is 6.92 Å². The molecule has 0 saturated heterocycles. The standard InChI is InChI=1S/C23H22N4O2S/c1-17-20(13-14-29-17)22-24-25-23(27(22)19-11-7-4-8-12-19)30-16-21(28)26(2)15-18-9-5-3-6-10-18/h3-14H,15-16H2,1-2H3. The maximum absolute atomic E-state index is 12.7. The highest BCUT2D eigenvalue weighted by Crippen LogP contribution is 2.30. The average molecular weight is 419 g/mol. The number of aromatic nitrogens is 3. The van der Waals surface area contributed by atoms with E-state index in [0.29, 0.717) is 17.5 Å². The molecule has 0 unspecified atom stereocenters. The summed E-state index contributed by atoms with van der Waals surface area (Å²) >= 11 is 1.38. The van der Waals surface area contributed by atoms with Gasteiger partial charge in [-0.25, -0.2) is 0 Å². The number of nitrogens with zero attached hydrogens (tertiary/aromatic N) is 4. The van der Waals surface area contributed by atoms with Crippen LogP contribution < -0.4 is 0 Å². The number of benzene rings is 2. The lowest BCUT2D eigenvalue weighted by Gasteiger charge is -2.17. The number of furan rings is 1. The van der Waals surface area contributed by atoms with Crippen molar-refractivity contribution in [1.82, 2.24) is 19.7 Å². The molecule has 2 aromatic heterocycles. The van der Waals surface area contributed by atoms with Gasteiger partial charge in [0, 0.05) is 19.3 Å². The molecule has 30 heavy (non-hydrogen) atoms. The molecule has 0 aliphatic carbocycles. The lowest BCUT2D eigenvalue weighted by atomic mass is 10.2. The fraction of sp³-hybridized carbons (Fsp3) is 0.174. The number of carbonyl (C=O) groups excluding carboxylic acids is 1. The van der Waals surface area contributed by atoms with Gasteiger partial charge in [0.15, 0.2) is 11.0 Å². The molecule has 0 aliphatic rings. The largest absolute Gasteiger partial charge is 0.469 e. The van der Waals surface area contributed by atoms with Crippen molar-refractivity contribution in [2.75, 3.05) is 12.8 Å². The Labute approximate surface area is 179 Å². The second-order valence-electron chi connectivity index (χ2n) is 6.89. The third-order valence-electron chi connectivity index (χ3n) is 4.76. The number of rotatable bonds is 7. The molecule has 152 valence electrons. The molecular weight excluding hydrogens is 396 g/mol. The Kier molecular flexibility index (Phi) is 5.99. The molecule has 0 N–H and O–H groups in total. The highest BCUT2D eigenvalue weighted by molar-refractivity contribution is 7.99. The van der Waals surface area contributed by atoms with Gasteiger partial charge < -0.3 is 9.32 Å². The third kappa shape index (κ3) is 4.31. The second-order valence-corrected chi connectivity index (χ2v) is 7.83. The van der Waals surface area contributed by atoms with Crippen LogP contribution in [0.25, 0.3) is 17.1 Å². The van der Waals surface area contributed by atoms with Crippen molar-refractivity contribution in [2.24, 2.45) is 0 Å². The van der Waals surface area contributed by atoms with Crippen molar-refractivity contribution >= 4 is 17.7 Å². The highest BCUT2D eigenvalue weighted by Gasteiger charge is 2.20. The van der Waals surface area contributed by atoms with Gasteiger partial charge in [0.05, 0.1) is 17.6 Å². The quantitative estimate of drug-likeness (QED) is 0.411. The minimum atomic E-state index is 0.0347. The van der Waals surface area contributed by atoms with E-state index in [0.717, 1.165) is 22.6 Å². The predicted molar refractivity (Wildman–Crippen MR) is 117 cm³/mol. The molecule has 1 amide bonds. The molecule has 2 heterocycles. The average Bonchev–Trinajstić information content (AvgIpc) is 3.38. The van der Waals surface area contributed by atoms with Crippen molar-refractivity contribution in [1.29, 1.82) is 0 Å². The van der Waals surface area contributed by atoms with E-state index in [-0.39, 0.29) is 11.7 Å². The first-order valence-corrected chi connectivity index (χ1v) is 10.6. The Balaban J connectivity index is 1.55. The van der Waals surface area contributed by atoms with Crippen molar-refractivity contribution < 1.29 is 9.21 Å². The van der Waals surface area contributed by atoms with Crippen LogP contribution >= 0.6 is 11.8 Å². The molecular formula is C23H22N4O2S. The zero-order valence-corrected chi connectivity index (χ0v) is 17.7. The first kappa shape index (κ1) is 20.0. The van der Waals surface area contributed by atoms with Crippen LogP contribution in [-0.4, -0.2) is 38.4 Å². The van der Waals surface area contributed by atoms with E-state index in [2.05, 4.69) is 10.2 Å². The van der Waals surface area contributed by atoms with Gasteiger partial charge in [-0.1, -0.05) is 60.3 Å². The third-order valence-corrected chi connectivity index (χ3v) is 5.67. The van der Waals surface area contributed by atoms with Gasteiger partial charge in [-0.05, 0) is 30.7 Å². The zero-order valence-electron chi connectivity index (χ0n) is 16.9. The molecule has 0 fully saturated rings. The smallest absolute Gasteiger partial charge is 0.233 e. The number of carbonyl (C=O) groups is 1. The summed E-state index contributed by atoms with van der Waals surface area (Å²) in [7, 11) is 1.82. The summed E-state index contributed by atoms with van der Waals surface area (Å²) in [6.07, 6.45) is 1.64. The van der Waals surface area contributed by atoms with Gasteiger partial charge >= 0.3 is 0 Å². The van der Waals surface area contributed by atoms with Gasteiger partial charge in [-0.3, -0.25) is 9.36 Å². The predicted octanol–water partition coefficient (Wildman–Crippen LogP) is 4.59. The summed E-state index contributed by atoms with van der Waals surface area (Å²) in [5.41, 5.74) is 2.92. The molecule has 4 aromatic rings. The first-order chi connectivity index (χ1) is 14.6. The van der Waals surface area contributed by atoms with Crippen molar-refractivity contribution in [2.45, 2.75) is 18.6 Å². The summed E-state index contributed by atoms with van der Waals surface area (Å²) in [6, 6.07) is 21.7. The maximum Gasteiger partial charge on any atom is 0.233 e. The SMILES string of the molecule is Cc1occc1-c1nnc(SCC(=O)N(C)Cc2ccccc2)n1-c1ccccc1. The number of amides is 1. The summed E-state index contributed by atoms with van der Waals surface area (Å²) < 4.78 is 7.42. The summed E-state index contributed by atoms with van der Waals surface area (Å²) in [4.78, 5) is 14.4. The number of thioether (sulfide) groups is 1. The van der Waals surface area contributed by atoms with Crippen molar-refractivity contribution in [3.63, 3.8) is 0 Å². The highest BCUT2D eigenvalue weighted by atomic mass is 32.2. The molecule has 0 spiro atoms. The molecule has 0 atom stereocenters. The minimum absolute atomic E-state index is 0.0347. The van der Waals surface area contributed by atoms with E-state index < -0.39 is 0 Å². The summed E-state index contributed by atoms with van der Waals surface area (Å²) in [5.74, 6) is 1.78. The Morgan fingerprint density at radius 1 is 1.03 bits per heavy atom. The first-order valence-electron chi connectivity index (χ1n) is 9.59. The van der Waals surface area contributed by atoms with Crippen LogP contribution in [0.5, 0.6) is 0 Å². The van der Waals surface area contributed by atoms with Crippen LogP contribution in [0.15, 0.2) is 82.6 Å². The Bertz CT molecular complexity index is 1120. The molecule has 4 rings (SSSR count). The lowest BCUT2D eigenvalue weighted by molar-refractivity contribution is -0.127. The number of aryl methyl sites for hydroxylation is 1. The van der Waals surface area contributed by atoms with E-state index in [1.807, 2.05) is 85.3 Å². The van der Waals surface area contributed by atoms with Crippen LogP contribution in [0.3, 0.4) is 0 Å². The Hall–Kier alpha value is -3.32. The van der Waals surface area contributed by atoms with Crippen LogP contribution in [0.4, 0.5) is 0 Å². The zero-order chi connectivity index (χ0) is 20.9. The maximum atomic E-state index is 12.7. The Morgan fingerprint density at radius 3 is 2.40 bits per heavy atom. The van der Waals surface area contributed by atoms with E-state index in [1.165, 1.54) is 11.8 Å². The van der Waals surface area contributed by atoms with Gasteiger partial charge in [0.25, 0.3) is 0 Å². The van der Waals surface area contributed by atoms with Gasteiger partial charge in [-0.2, -0.15) is 0 Å². The summed E-state index contributed by atoms with van der Waals surface area (Å²) in [6.45, 7) is 2.47. The normalized spacial score (nSPS) is 10.9. The van der Waals surface area contributed by atoms with Gasteiger partial charge in [0.1, 0.15) is 5.76 Å². The van der Waals surface area contributed by atoms with E-state index in [9.17, 15) is 4.79 Å². The second kappa shape index (κ2) is 9.00. The van der Waals surface area contributed by atoms with Crippen LogP contribution in [0.1, 0.15) is 11.3 Å². The van der Waals surface area contributed by atoms with E-state index in [4.69, 9.17) is 4.42 Å². The number of hydrogen-bond acceptors (Lipinski definition) is 5. The van der Waals surface area contributed by atoms with Crippen LogP contribution in [-0.2, 0) is 11.3 Å². The molecule has 0 saturated carbocycles. The monoisotopic (exact) mass is 418 g/mol. The molecule has 7 heteroatoms. The topological polar surface area (TPSA) is 64.2 Å².